The molecule has 1 saturated heterocycles. The molecule has 1 aromatic carbocycles. The van der Waals surface area contributed by atoms with Crippen LogP contribution < -0.4 is 5.32 Å². The highest BCUT2D eigenvalue weighted by Crippen LogP contribution is 2.23. The van der Waals surface area contributed by atoms with Crippen LogP contribution >= 0.6 is 0 Å². The van der Waals surface area contributed by atoms with Gasteiger partial charge in [0.05, 0.1) is 5.56 Å². The Morgan fingerprint density at radius 3 is 2.78 bits per heavy atom. The van der Waals surface area contributed by atoms with Crippen molar-refractivity contribution in [2.75, 3.05) is 18.9 Å². The topological polar surface area (TPSA) is 52.6 Å². The molecule has 2 atom stereocenters. The Hall–Kier alpha value is -1.55. The Kier molecular flexibility index (Phi) is 3.57. The number of benzene rings is 1. The lowest BCUT2D eigenvalue weighted by Crippen LogP contribution is -2.25. The number of aromatic carboxylic acids is 1. The van der Waals surface area contributed by atoms with E-state index in [2.05, 4.69) is 24.2 Å². The van der Waals surface area contributed by atoms with Gasteiger partial charge >= 0.3 is 5.97 Å². The molecule has 1 aliphatic rings. The van der Waals surface area contributed by atoms with Crippen LogP contribution in [0.25, 0.3) is 0 Å². The van der Waals surface area contributed by atoms with Crippen molar-refractivity contribution in [2.24, 2.45) is 0 Å². The number of carbonyl (C=O) groups is 1. The number of nitrogens with one attached hydrogen (secondary N) is 1. The van der Waals surface area contributed by atoms with Crippen molar-refractivity contribution >= 4 is 11.7 Å². The van der Waals surface area contributed by atoms with Crippen LogP contribution in [0.15, 0.2) is 18.2 Å². The molecule has 1 fully saturated rings. The number of rotatable bonds is 3. The molecule has 1 heterocycles. The maximum Gasteiger partial charge on any atom is 0.335 e. The first-order valence-electron chi connectivity index (χ1n) is 6.28. The van der Waals surface area contributed by atoms with E-state index < -0.39 is 5.97 Å². The van der Waals surface area contributed by atoms with E-state index >= 15 is 0 Å². The van der Waals surface area contributed by atoms with Gasteiger partial charge in [-0.2, -0.15) is 0 Å². The van der Waals surface area contributed by atoms with Crippen LogP contribution in [0.2, 0.25) is 0 Å². The molecule has 2 unspecified atom stereocenters. The molecule has 1 aliphatic heterocycles. The average Bonchev–Trinajstić information content (AvgIpc) is 2.61. The zero-order chi connectivity index (χ0) is 13.3. The molecular formula is C14H20N2O2. The Bertz CT molecular complexity index is 449. The van der Waals surface area contributed by atoms with Crippen LogP contribution in [0.1, 0.15) is 29.3 Å². The van der Waals surface area contributed by atoms with Gasteiger partial charge in [0, 0.05) is 24.3 Å². The number of aryl methyl sites for hydroxylation is 1. The molecule has 0 spiro atoms. The molecule has 98 valence electrons. The Balaban J connectivity index is 2.14. The van der Waals surface area contributed by atoms with Crippen molar-refractivity contribution in [3.63, 3.8) is 0 Å². The highest BCUT2D eigenvalue weighted by molar-refractivity contribution is 5.89. The van der Waals surface area contributed by atoms with Crippen LogP contribution in [-0.4, -0.2) is 41.7 Å². The van der Waals surface area contributed by atoms with Crippen LogP contribution in [-0.2, 0) is 0 Å². The average molecular weight is 248 g/mol. The third-order valence-corrected chi connectivity index (χ3v) is 3.73. The van der Waals surface area contributed by atoms with Gasteiger partial charge in [0.25, 0.3) is 0 Å². The monoisotopic (exact) mass is 248 g/mol. The lowest BCUT2D eigenvalue weighted by atomic mass is 10.1. The molecule has 0 amide bonds. The summed E-state index contributed by atoms with van der Waals surface area (Å²) in [5, 5.41) is 12.5. The van der Waals surface area contributed by atoms with Crippen molar-refractivity contribution < 1.29 is 9.90 Å². The summed E-state index contributed by atoms with van der Waals surface area (Å²) in [5.41, 5.74) is 2.35. The summed E-state index contributed by atoms with van der Waals surface area (Å²) in [6, 6.07) is 6.19. The predicted octanol–water partition coefficient (Wildman–Crippen LogP) is 2.20. The normalized spacial score (nSPS) is 24.2. The molecule has 18 heavy (non-hydrogen) atoms. The lowest BCUT2D eigenvalue weighted by Gasteiger charge is -2.16. The van der Waals surface area contributed by atoms with Gasteiger partial charge in [0.2, 0.25) is 0 Å². The van der Waals surface area contributed by atoms with E-state index in [1.165, 1.54) is 0 Å². The maximum absolute atomic E-state index is 11.0. The van der Waals surface area contributed by atoms with Crippen molar-refractivity contribution in [2.45, 2.75) is 32.4 Å². The summed E-state index contributed by atoms with van der Waals surface area (Å²) < 4.78 is 0. The van der Waals surface area contributed by atoms with Crippen LogP contribution in [0.4, 0.5) is 5.69 Å². The summed E-state index contributed by atoms with van der Waals surface area (Å²) >= 11 is 0. The quantitative estimate of drug-likeness (QED) is 0.861. The van der Waals surface area contributed by atoms with Gasteiger partial charge in [0.15, 0.2) is 0 Å². The van der Waals surface area contributed by atoms with Gasteiger partial charge < -0.3 is 15.3 Å². The fourth-order valence-corrected chi connectivity index (χ4v) is 2.43. The molecule has 2 rings (SSSR count). The molecule has 0 radical (unpaired) electrons. The van der Waals surface area contributed by atoms with Gasteiger partial charge in [-0.25, -0.2) is 4.79 Å². The number of nitrogens with zero attached hydrogens (tertiary/aromatic N) is 1. The second-order valence-corrected chi connectivity index (χ2v) is 5.20. The SMILES string of the molecule is Cc1ccc(C(=O)O)cc1NC1CC(C)N(C)C1. The zero-order valence-corrected chi connectivity index (χ0v) is 11.1. The van der Waals surface area contributed by atoms with Gasteiger partial charge in [0.1, 0.15) is 0 Å². The Labute approximate surface area is 108 Å². The van der Waals surface area contributed by atoms with Crippen molar-refractivity contribution in [3.8, 4) is 0 Å². The predicted molar refractivity (Wildman–Crippen MR) is 72.3 cm³/mol. The van der Waals surface area contributed by atoms with E-state index in [1.54, 1.807) is 12.1 Å². The third kappa shape index (κ3) is 2.64. The number of likely N-dealkylation sites (N-methyl/N-ethyl adjacent to an activating group) is 1. The first-order valence-corrected chi connectivity index (χ1v) is 6.28. The zero-order valence-electron chi connectivity index (χ0n) is 11.1. The van der Waals surface area contributed by atoms with E-state index in [-0.39, 0.29) is 0 Å². The van der Waals surface area contributed by atoms with Crippen molar-refractivity contribution in [3.05, 3.63) is 29.3 Å². The van der Waals surface area contributed by atoms with E-state index in [9.17, 15) is 4.79 Å². The summed E-state index contributed by atoms with van der Waals surface area (Å²) in [4.78, 5) is 13.3. The van der Waals surface area contributed by atoms with E-state index in [0.29, 0.717) is 17.6 Å². The van der Waals surface area contributed by atoms with Gasteiger partial charge in [-0.3, -0.25) is 0 Å². The number of likely N-dealkylation sites (tertiary alicyclic amines) is 1. The summed E-state index contributed by atoms with van der Waals surface area (Å²) in [7, 11) is 2.12. The molecule has 4 heteroatoms. The second kappa shape index (κ2) is 4.98. The Morgan fingerprint density at radius 1 is 1.50 bits per heavy atom. The molecule has 1 aromatic rings. The fraction of sp³-hybridized carbons (Fsp3) is 0.500. The second-order valence-electron chi connectivity index (χ2n) is 5.20. The van der Waals surface area contributed by atoms with Crippen LogP contribution in [0.5, 0.6) is 0 Å². The lowest BCUT2D eigenvalue weighted by molar-refractivity contribution is 0.0697. The Morgan fingerprint density at radius 2 is 2.22 bits per heavy atom. The van der Waals surface area contributed by atoms with Crippen LogP contribution in [0, 0.1) is 6.92 Å². The first kappa shape index (κ1) is 12.9. The molecule has 0 saturated carbocycles. The molecule has 2 N–H and O–H groups in total. The minimum Gasteiger partial charge on any atom is -0.478 e. The molecule has 0 bridgehead atoms. The summed E-state index contributed by atoms with van der Waals surface area (Å²) in [5.74, 6) is -0.880. The number of carboxylic acids is 1. The van der Waals surface area contributed by atoms with Gasteiger partial charge in [-0.05, 0) is 45.0 Å². The fourth-order valence-electron chi connectivity index (χ4n) is 2.43. The van der Waals surface area contributed by atoms with Crippen molar-refractivity contribution in [1.29, 1.82) is 0 Å². The standard InChI is InChI=1S/C14H20N2O2/c1-9-4-5-11(14(17)18)7-13(9)15-12-6-10(2)16(3)8-12/h4-5,7,10,12,15H,6,8H2,1-3H3,(H,17,18). The smallest absolute Gasteiger partial charge is 0.335 e. The first-order chi connectivity index (χ1) is 8.47. The number of carboxylic acid groups (broad SMARTS) is 1. The third-order valence-electron chi connectivity index (χ3n) is 3.73. The largest absolute Gasteiger partial charge is 0.478 e. The molecular weight excluding hydrogens is 228 g/mol. The van der Waals surface area contributed by atoms with E-state index in [0.717, 1.165) is 24.2 Å². The van der Waals surface area contributed by atoms with Crippen LogP contribution in [0.3, 0.4) is 0 Å². The molecule has 0 aromatic heterocycles. The van der Waals surface area contributed by atoms with E-state index in [1.807, 2.05) is 13.0 Å². The summed E-state index contributed by atoms with van der Waals surface area (Å²) in [6.07, 6.45) is 1.09. The van der Waals surface area contributed by atoms with Crippen molar-refractivity contribution in [1.82, 2.24) is 4.90 Å². The highest BCUT2D eigenvalue weighted by Gasteiger charge is 2.26. The highest BCUT2D eigenvalue weighted by atomic mass is 16.4. The maximum atomic E-state index is 11.0. The molecule has 0 aliphatic carbocycles. The number of anilines is 1. The number of hydrogen-bond acceptors (Lipinski definition) is 3. The van der Waals surface area contributed by atoms with E-state index in [4.69, 9.17) is 5.11 Å². The van der Waals surface area contributed by atoms with Gasteiger partial charge in [-0.15, -0.1) is 0 Å². The van der Waals surface area contributed by atoms with Gasteiger partial charge in [-0.1, -0.05) is 6.07 Å². The minimum absolute atomic E-state index is 0.336. The molecule has 4 nitrogen and oxygen atoms in total. The minimum atomic E-state index is -0.880. The summed E-state index contributed by atoms with van der Waals surface area (Å²) in [6.45, 7) is 5.20. The number of hydrogen-bond donors (Lipinski definition) is 2.